The molecule has 3 aromatic heterocycles. The Bertz CT molecular complexity index is 1260. The Morgan fingerprint density at radius 2 is 1.90 bits per heavy atom. The summed E-state index contributed by atoms with van der Waals surface area (Å²) < 4.78 is 5.50. The van der Waals surface area contributed by atoms with Gasteiger partial charge < -0.3 is 4.74 Å². The highest BCUT2D eigenvalue weighted by atomic mass is 32.1. The summed E-state index contributed by atoms with van der Waals surface area (Å²) in [4.78, 5) is 22.0. The summed E-state index contributed by atoms with van der Waals surface area (Å²) in [6, 6.07) is 16.7. The molecule has 0 saturated heterocycles. The summed E-state index contributed by atoms with van der Waals surface area (Å²) in [6.45, 7) is 0. The summed E-state index contributed by atoms with van der Waals surface area (Å²) in [5.74, 6) is 5.78. The number of methoxy groups -OCH3 is 1. The predicted octanol–water partition coefficient (Wildman–Crippen LogP) is 4.40. The highest BCUT2D eigenvalue weighted by Gasteiger charge is 2.21. The van der Waals surface area contributed by atoms with Gasteiger partial charge in [0.2, 0.25) is 0 Å². The van der Waals surface area contributed by atoms with Crippen molar-refractivity contribution in [1.29, 1.82) is 0 Å². The minimum absolute atomic E-state index is 0.193. The van der Waals surface area contributed by atoms with E-state index in [1.807, 2.05) is 53.9 Å². The first kappa shape index (κ1) is 20.3. The molecule has 0 fully saturated rings. The Morgan fingerprint density at radius 3 is 2.55 bits per heavy atom. The summed E-state index contributed by atoms with van der Waals surface area (Å²) in [7, 11) is 1.47. The van der Waals surface area contributed by atoms with Gasteiger partial charge in [-0.1, -0.05) is 30.0 Å². The molecule has 0 saturated carbocycles. The monoisotopic (exact) mass is 427 g/mol. The first-order chi connectivity index (χ1) is 15.2. The van der Waals surface area contributed by atoms with Crippen molar-refractivity contribution in [3.8, 4) is 39.4 Å². The Hall–Kier alpha value is -3.99. The maximum Gasteiger partial charge on any atom is 0.278 e. The van der Waals surface area contributed by atoms with Crippen molar-refractivity contribution in [2.45, 2.75) is 0 Å². The van der Waals surface area contributed by atoms with Crippen LogP contribution in [0.2, 0.25) is 0 Å². The van der Waals surface area contributed by atoms with E-state index >= 15 is 0 Å². The number of pyridine rings is 2. The van der Waals surface area contributed by atoms with Crippen LogP contribution in [0.25, 0.3) is 21.8 Å². The average Bonchev–Trinajstić information content (AvgIpc) is 3.37. The molecule has 2 N–H and O–H groups in total. The molecule has 0 unspecified atom stereocenters. The first-order valence-corrected chi connectivity index (χ1v) is 10.2. The number of ether oxygens (including phenoxy) is 1. The second-order valence-corrected chi connectivity index (χ2v) is 7.37. The first-order valence-electron chi connectivity index (χ1n) is 9.29. The van der Waals surface area contributed by atoms with E-state index in [1.165, 1.54) is 18.4 Å². The number of aromatic nitrogens is 2. The van der Waals surface area contributed by atoms with Gasteiger partial charge in [0.05, 0.1) is 23.2 Å². The molecule has 6 nitrogen and oxygen atoms in total. The largest absolute Gasteiger partial charge is 0.494 e. The predicted molar refractivity (Wildman–Crippen MR) is 119 cm³/mol. The van der Waals surface area contributed by atoms with Crippen LogP contribution < -0.4 is 10.2 Å². The number of nitrogens with zero attached hydrogens (tertiary/aromatic N) is 2. The summed E-state index contributed by atoms with van der Waals surface area (Å²) in [5.41, 5.74) is 5.41. The van der Waals surface area contributed by atoms with Crippen LogP contribution in [0, 0.1) is 11.8 Å². The van der Waals surface area contributed by atoms with Crippen LogP contribution >= 0.6 is 11.3 Å². The van der Waals surface area contributed by atoms with Gasteiger partial charge in [-0.05, 0) is 41.8 Å². The van der Waals surface area contributed by atoms with Crippen LogP contribution in [0.3, 0.4) is 0 Å². The molecule has 0 radical (unpaired) electrons. The van der Waals surface area contributed by atoms with E-state index in [0.717, 1.165) is 21.6 Å². The van der Waals surface area contributed by atoms with Gasteiger partial charge in [-0.3, -0.25) is 15.0 Å². The number of benzene rings is 1. The fourth-order valence-corrected chi connectivity index (χ4v) is 3.69. The van der Waals surface area contributed by atoms with Crippen molar-refractivity contribution in [2.24, 2.45) is 0 Å². The van der Waals surface area contributed by atoms with Gasteiger partial charge in [0.25, 0.3) is 5.91 Å². The second-order valence-electron chi connectivity index (χ2n) is 6.42. The zero-order chi connectivity index (χ0) is 21.6. The van der Waals surface area contributed by atoms with Crippen molar-refractivity contribution in [2.75, 3.05) is 7.11 Å². The fraction of sp³-hybridized carbons (Fsp3) is 0.0417. The highest BCUT2D eigenvalue weighted by molar-refractivity contribution is 7.13. The number of hydrogen-bond acceptors (Lipinski definition) is 6. The molecule has 0 aliphatic carbocycles. The molecule has 4 rings (SSSR count). The lowest BCUT2D eigenvalue weighted by atomic mass is 10.0. The Morgan fingerprint density at radius 1 is 1.10 bits per heavy atom. The maximum atomic E-state index is 12.3. The van der Waals surface area contributed by atoms with Crippen LogP contribution in [-0.2, 0) is 0 Å². The smallest absolute Gasteiger partial charge is 0.278 e. The number of hydroxylamine groups is 1. The number of carbonyl (C=O) groups is 1. The van der Waals surface area contributed by atoms with Crippen LogP contribution in [0.5, 0.6) is 5.75 Å². The molecule has 0 spiro atoms. The minimum atomic E-state index is -0.669. The fourth-order valence-electron chi connectivity index (χ4n) is 3.01. The van der Waals surface area contributed by atoms with Crippen molar-refractivity contribution < 1.29 is 14.7 Å². The molecule has 1 aromatic carbocycles. The van der Waals surface area contributed by atoms with Crippen molar-refractivity contribution in [3.05, 3.63) is 89.1 Å². The van der Waals surface area contributed by atoms with Crippen LogP contribution in [-0.4, -0.2) is 28.2 Å². The number of carbonyl (C=O) groups excluding carboxylic acids is 1. The van der Waals surface area contributed by atoms with Gasteiger partial charge in [-0.25, -0.2) is 10.5 Å². The SMILES string of the molecule is COc1c(C(=O)NO)cc(-c2cccs2)nc1-c1ccc(C#Cc2cccnc2)cc1. The van der Waals surface area contributed by atoms with E-state index in [2.05, 4.69) is 16.8 Å². The van der Waals surface area contributed by atoms with Gasteiger partial charge in [0.15, 0.2) is 5.75 Å². The van der Waals surface area contributed by atoms with Crippen molar-refractivity contribution in [3.63, 3.8) is 0 Å². The van der Waals surface area contributed by atoms with E-state index < -0.39 is 5.91 Å². The van der Waals surface area contributed by atoms with Crippen LogP contribution in [0.4, 0.5) is 0 Å². The Labute approximate surface area is 183 Å². The molecular weight excluding hydrogens is 410 g/mol. The van der Waals surface area contributed by atoms with Crippen LogP contribution in [0.15, 0.2) is 72.4 Å². The molecule has 0 atom stereocenters. The third-order valence-electron chi connectivity index (χ3n) is 4.47. The molecule has 7 heteroatoms. The van der Waals surface area contributed by atoms with Crippen molar-refractivity contribution in [1.82, 2.24) is 15.4 Å². The van der Waals surface area contributed by atoms with E-state index in [1.54, 1.807) is 23.9 Å². The van der Waals surface area contributed by atoms with Gasteiger partial charge >= 0.3 is 0 Å². The Balaban J connectivity index is 1.77. The lowest BCUT2D eigenvalue weighted by molar-refractivity contribution is 0.0703. The standard InChI is InChI=1S/C24H17N3O3S/c1-30-23-19(24(28)27-29)14-20(21-5-3-13-31-21)26-22(23)18-10-8-16(9-11-18)6-7-17-4-2-12-25-15-17/h2-5,8-15,29H,1H3,(H,27,28). The molecule has 3 heterocycles. The molecule has 31 heavy (non-hydrogen) atoms. The summed E-state index contributed by atoms with van der Waals surface area (Å²) in [5, 5.41) is 11.1. The number of amides is 1. The zero-order valence-electron chi connectivity index (χ0n) is 16.5. The van der Waals surface area contributed by atoms with Gasteiger partial charge in [-0.2, -0.15) is 0 Å². The van der Waals surface area contributed by atoms with E-state index in [4.69, 9.17) is 9.72 Å². The van der Waals surface area contributed by atoms with E-state index in [-0.39, 0.29) is 11.3 Å². The molecule has 1 amide bonds. The van der Waals surface area contributed by atoms with E-state index in [0.29, 0.717) is 11.4 Å². The quantitative estimate of drug-likeness (QED) is 0.287. The summed E-state index contributed by atoms with van der Waals surface area (Å²) >= 11 is 1.51. The highest BCUT2D eigenvalue weighted by Crippen LogP contribution is 2.36. The molecular formula is C24H17N3O3S. The number of thiophene rings is 1. The summed E-state index contributed by atoms with van der Waals surface area (Å²) in [6.07, 6.45) is 3.41. The zero-order valence-corrected chi connectivity index (χ0v) is 17.3. The van der Waals surface area contributed by atoms with Crippen molar-refractivity contribution >= 4 is 17.2 Å². The lowest BCUT2D eigenvalue weighted by Crippen LogP contribution is -2.20. The number of hydrogen-bond donors (Lipinski definition) is 2. The number of nitrogens with one attached hydrogen (secondary N) is 1. The maximum absolute atomic E-state index is 12.3. The molecule has 152 valence electrons. The lowest BCUT2D eigenvalue weighted by Gasteiger charge is -2.14. The van der Waals surface area contributed by atoms with Gasteiger partial charge in [0.1, 0.15) is 5.69 Å². The van der Waals surface area contributed by atoms with Gasteiger partial charge in [0, 0.05) is 29.1 Å². The molecule has 0 aliphatic rings. The average molecular weight is 427 g/mol. The normalized spacial score (nSPS) is 10.1. The topological polar surface area (TPSA) is 84.3 Å². The third kappa shape index (κ3) is 4.46. The minimum Gasteiger partial charge on any atom is -0.494 e. The van der Waals surface area contributed by atoms with Crippen LogP contribution in [0.1, 0.15) is 21.5 Å². The van der Waals surface area contributed by atoms with E-state index in [9.17, 15) is 10.0 Å². The van der Waals surface area contributed by atoms with Gasteiger partial charge in [-0.15, -0.1) is 11.3 Å². The number of rotatable bonds is 4. The third-order valence-corrected chi connectivity index (χ3v) is 5.36. The second kappa shape index (κ2) is 9.22. The molecule has 0 bridgehead atoms. The Kier molecular flexibility index (Phi) is 6.03. The molecule has 0 aliphatic heterocycles. The molecule has 4 aromatic rings.